The van der Waals surface area contributed by atoms with Crippen molar-refractivity contribution in [2.45, 2.75) is 12.8 Å². The van der Waals surface area contributed by atoms with Gasteiger partial charge in [0.2, 0.25) is 0 Å². The monoisotopic (exact) mass is 420 g/mol. The molecule has 0 fully saturated rings. The number of carboxylic acids is 2. The summed E-state index contributed by atoms with van der Waals surface area (Å²) in [5.74, 6) is -1.64. The second kappa shape index (κ2) is 8.43. The van der Waals surface area contributed by atoms with Gasteiger partial charge in [0.05, 0.1) is 38.8 Å². The highest BCUT2D eigenvalue weighted by Crippen LogP contribution is 2.26. The van der Waals surface area contributed by atoms with Crippen LogP contribution in [-0.2, 0) is 22.4 Å². The minimum Gasteiger partial charge on any atom is -0.481 e. The number of carboxylic acid groups (broad SMARTS) is 2. The zero-order valence-corrected chi connectivity index (χ0v) is 16.1. The summed E-state index contributed by atoms with van der Waals surface area (Å²) in [6.07, 6.45) is 0.110. The van der Waals surface area contributed by atoms with Crippen LogP contribution in [0.1, 0.15) is 11.1 Å². The number of aromatic nitrogens is 2. The minimum atomic E-state index is -0.833. The standard InChI is InChI=1S/C9H6ClNO2S.C9H7NO2S/c10-9-11-6-2-1-5(4-8(12)13)3-7(6)14-9;11-9(12)4-6-1-2-7-8(3-6)13-5-10-7/h1-3H,4H2,(H,12,13);1-3,5H,4H2,(H,11,12). The van der Waals surface area contributed by atoms with E-state index in [1.807, 2.05) is 18.2 Å². The summed E-state index contributed by atoms with van der Waals surface area (Å²) < 4.78 is 2.44. The lowest BCUT2D eigenvalue weighted by atomic mass is 10.1. The summed E-state index contributed by atoms with van der Waals surface area (Å²) in [4.78, 5) is 29.1. The predicted molar refractivity (Wildman–Crippen MR) is 107 cm³/mol. The van der Waals surface area contributed by atoms with Gasteiger partial charge in [-0.3, -0.25) is 9.59 Å². The van der Waals surface area contributed by atoms with Crippen molar-refractivity contribution in [3.63, 3.8) is 0 Å². The van der Waals surface area contributed by atoms with Gasteiger partial charge in [0.1, 0.15) is 0 Å². The average Bonchev–Trinajstić information content (AvgIpc) is 3.18. The van der Waals surface area contributed by atoms with Gasteiger partial charge in [-0.1, -0.05) is 23.7 Å². The Hall–Kier alpha value is -2.55. The molecule has 0 aliphatic carbocycles. The number of fused-ring (bicyclic) bond motifs is 2. The number of hydrogen-bond donors (Lipinski definition) is 2. The van der Waals surface area contributed by atoms with Gasteiger partial charge in [-0.2, -0.15) is 0 Å². The first kappa shape index (κ1) is 19.2. The number of benzene rings is 2. The van der Waals surface area contributed by atoms with E-state index in [4.69, 9.17) is 21.8 Å². The molecule has 0 unspecified atom stereocenters. The summed E-state index contributed by atoms with van der Waals surface area (Å²) in [6, 6.07) is 10.9. The van der Waals surface area contributed by atoms with Crippen molar-refractivity contribution in [2.24, 2.45) is 0 Å². The van der Waals surface area contributed by atoms with Gasteiger partial charge in [-0.25, -0.2) is 9.97 Å². The molecular weight excluding hydrogens is 408 g/mol. The van der Waals surface area contributed by atoms with E-state index < -0.39 is 11.9 Å². The smallest absolute Gasteiger partial charge is 0.307 e. The Kier molecular flexibility index (Phi) is 6.00. The zero-order valence-electron chi connectivity index (χ0n) is 13.8. The third-order valence-corrected chi connectivity index (χ3v) is 5.45. The highest BCUT2D eigenvalue weighted by atomic mass is 35.5. The molecule has 9 heteroatoms. The van der Waals surface area contributed by atoms with E-state index in [0.29, 0.717) is 4.47 Å². The van der Waals surface area contributed by atoms with Gasteiger partial charge in [-0.15, -0.1) is 22.7 Å². The largest absolute Gasteiger partial charge is 0.481 e. The molecule has 138 valence electrons. The van der Waals surface area contributed by atoms with Crippen LogP contribution in [0.25, 0.3) is 20.4 Å². The maximum atomic E-state index is 10.5. The maximum Gasteiger partial charge on any atom is 0.307 e. The summed E-state index contributed by atoms with van der Waals surface area (Å²) >= 11 is 8.61. The van der Waals surface area contributed by atoms with Crippen LogP contribution in [0.2, 0.25) is 4.47 Å². The number of rotatable bonds is 4. The fraction of sp³-hybridized carbons (Fsp3) is 0.111. The Bertz CT molecular complexity index is 1120. The Morgan fingerprint density at radius 2 is 1.52 bits per heavy atom. The van der Waals surface area contributed by atoms with Crippen LogP contribution in [-0.4, -0.2) is 32.1 Å². The topological polar surface area (TPSA) is 100 Å². The minimum absolute atomic E-state index is 0.0332. The van der Waals surface area contributed by atoms with Crippen LogP contribution in [0.15, 0.2) is 41.9 Å². The number of aliphatic carboxylic acids is 2. The Balaban J connectivity index is 0.000000156. The van der Waals surface area contributed by atoms with Crippen LogP contribution in [0.5, 0.6) is 0 Å². The van der Waals surface area contributed by atoms with E-state index in [0.717, 1.165) is 31.6 Å². The first-order valence-corrected chi connectivity index (χ1v) is 9.79. The summed E-state index contributed by atoms with van der Waals surface area (Å²) in [5.41, 5.74) is 5.10. The molecule has 2 N–H and O–H groups in total. The average molecular weight is 421 g/mol. The van der Waals surface area contributed by atoms with Crippen LogP contribution < -0.4 is 0 Å². The summed E-state index contributed by atoms with van der Waals surface area (Å²) in [5, 5.41) is 17.2. The molecule has 0 spiro atoms. The van der Waals surface area contributed by atoms with Crippen molar-refractivity contribution >= 4 is 66.6 Å². The Morgan fingerprint density at radius 1 is 0.926 bits per heavy atom. The van der Waals surface area contributed by atoms with Crippen molar-refractivity contribution in [2.75, 3.05) is 0 Å². The molecule has 0 radical (unpaired) electrons. The first-order chi connectivity index (χ1) is 12.9. The molecule has 4 rings (SSSR count). The highest BCUT2D eigenvalue weighted by molar-refractivity contribution is 7.22. The highest BCUT2D eigenvalue weighted by Gasteiger charge is 2.05. The van der Waals surface area contributed by atoms with E-state index in [9.17, 15) is 9.59 Å². The Morgan fingerprint density at radius 3 is 2.15 bits per heavy atom. The quantitative estimate of drug-likeness (QED) is 0.504. The van der Waals surface area contributed by atoms with Gasteiger partial charge < -0.3 is 10.2 Å². The third-order valence-electron chi connectivity index (χ3n) is 3.53. The molecule has 2 heterocycles. The normalized spacial score (nSPS) is 10.6. The SMILES string of the molecule is O=C(O)Cc1ccc2nc(Cl)sc2c1.O=C(O)Cc1ccc2ncsc2c1. The van der Waals surface area contributed by atoms with Gasteiger partial charge in [0.15, 0.2) is 4.47 Å². The lowest BCUT2D eigenvalue weighted by molar-refractivity contribution is -0.137. The van der Waals surface area contributed by atoms with Gasteiger partial charge in [0, 0.05) is 0 Å². The van der Waals surface area contributed by atoms with E-state index in [1.54, 1.807) is 23.7 Å². The number of thiazole rings is 2. The molecule has 0 atom stereocenters. The molecule has 2 aromatic heterocycles. The second-order valence-electron chi connectivity index (χ2n) is 5.56. The molecule has 0 amide bonds. The number of hydrogen-bond acceptors (Lipinski definition) is 6. The molecule has 0 aliphatic heterocycles. The van der Waals surface area contributed by atoms with Crippen molar-refractivity contribution in [3.05, 3.63) is 57.5 Å². The van der Waals surface area contributed by atoms with E-state index >= 15 is 0 Å². The predicted octanol–water partition coefficient (Wildman–Crippen LogP) is 4.50. The maximum absolute atomic E-state index is 10.5. The third kappa shape index (κ3) is 5.22. The molecule has 0 saturated carbocycles. The van der Waals surface area contributed by atoms with Crippen molar-refractivity contribution < 1.29 is 19.8 Å². The van der Waals surface area contributed by atoms with E-state index in [2.05, 4.69) is 9.97 Å². The molecular formula is C18H13ClN2O4S2. The van der Waals surface area contributed by atoms with Crippen LogP contribution >= 0.6 is 34.3 Å². The van der Waals surface area contributed by atoms with E-state index in [-0.39, 0.29) is 12.8 Å². The molecule has 27 heavy (non-hydrogen) atoms. The van der Waals surface area contributed by atoms with Crippen molar-refractivity contribution in [1.29, 1.82) is 0 Å². The second-order valence-corrected chi connectivity index (χ2v) is 8.06. The van der Waals surface area contributed by atoms with Crippen LogP contribution in [0.4, 0.5) is 0 Å². The first-order valence-electron chi connectivity index (χ1n) is 7.71. The van der Waals surface area contributed by atoms with Gasteiger partial charge in [0.25, 0.3) is 0 Å². The molecule has 6 nitrogen and oxygen atoms in total. The van der Waals surface area contributed by atoms with Gasteiger partial charge in [-0.05, 0) is 35.4 Å². The van der Waals surface area contributed by atoms with Crippen LogP contribution in [0, 0.1) is 0 Å². The molecule has 2 aromatic carbocycles. The summed E-state index contributed by atoms with van der Waals surface area (Å²) in [6.45, 7) is 0. The van der Waals surface area contributed by atoms with Crippen molar-refractivity contribution in [1.82, 2.24) is 9.97 Å². The van der Waals surface area contributed by atoms with Crippen LogP contribution in [0.3, 0.4) is 0 Å². The Labute approximate surface area is 166 Å². The van der Waals surface area contributed by atoms with E-state index in [1.165, 1.54) is 22.7 Å². The number of nitrogens with zero attached hydrogens (tertiary/aromatic N) is 2. The fourth-order valence-electron chi connectivity index (χ4n) is 2.41. The lowest BCUT2D eigenvalue weighted by Crippen LogP contribution is -1.99. The molecule has 0 aliphatic rings. The zero-order chi connectivity index (χ0) is 19.4. The lowest BCUT2D eigenvalue weighted by Gasteiger charge is -1.95. The summed E-state index contributed by atoms with van der Waals surface area (Å²) in [7, 11) is 0. The number of halogens is 1. The number of carbonyl (C=O) groups is 2. The molecule has 4 aromatic rings. The molecule has 0 saturated heterocycles. The fourth-order valence-corrected chi connectivity index (χ4v) is 4.24. The molecule has 0 bridgehead atoms. The van der Waals surface area contributed by atoms with Crippen molar-refractivity contribution in [3.8, 4) is 0 Å². The van der Waals surface area contributed by atoms with Gasteiger partial charge >= 0.3 is 11.9 Å².